The van der Waals surface area contributed by atoms with Crippen LogP contribution in [0, 0.1) is 0 Å². The molecule has 1 aliphatic rings. The Labute approximate surface area is 186 Å². The van der Waals surface area contributed by atoms with Crippen LogP contribution >= 0.6 is 23.2 Å². The second-order valence-corrected chi connectivity index (χ2v) is 10.7. The van der Waals surface area contributed by atoms with Gasteiger partial charge >= 0.3 is 0 Å². The zero-order valence-corrected chi connectivity index (χ0v) is 18.6. The van der Waals surface area contributed by atoms with Crippen molar-refractivity contribution in [1.82, 2.24) is 4.90 Å². The lowest BCUT2D eigenvalue weighted by molar-refractivity contribution is -0.133. The molecule has 0 N–H and O–H groups in total. The maximum absolute atomic E-state index is 13.4. The first kappa shape index (κ1) is 21.2. The second kappa shape index (κ2) is 8.58. The van der Waals surface area contributed by atoms with Gasteiger partial charge in [-0.3, -0.25) is 4.79 Å². The number of rotatable bonds is 5. The molecule has 0 unspecified atom stereocenters. The van der Waals surface area contributed by atoms with Crippen molar-refractivity contribution >= 4 is 49.7 Å². The van der Waals surface area contributed by atoms with Crippen LogP contribution < -0.4 is 0 Å². The van der Waals surface area contributed by atoms with E-state index in [2.05, 4.69) is 0 Å². The summed E-state index contributed by atoms with van der Waals surface area (Å²) in [4.78, 5) is 15.1. The Morgan fingerprint density at radius 1 is 1.00 bits per heavy atom. The standard InChI is InChI=1S/C23H21Cl2NO3S/c24-19-9-8-18(22(25)13-19)14-26(20-10-11-30(28,29)15-20)23(27)12-17-6-3-5-16-4-1-2-7-21(16)17/h1-9,13,20H,10-12,14-15H2/t20-/m1/s1. The first-order valence-corrected chi connectivity index (χ1v) is 12.3. The van der Waals surface area contributed by atoms with Gasteiger partial charge in [-0.15, -0.1) is 0 Å². The van der Waals surface area contributed by atoms with Gasteiger partial charge in [0.15, 0.2) is 9.84 Å². The largest absolute Gasteiger partial charge is 0.334 e. The zero-order chi connectivity index (χ0) is 21.3. The predicted molar refractivity (Wildman–Crippen MR) is 122 cm³/mol. The van der Waals surface area contributed by atoms with E-state index in [-0.39, 0.29) is 36.4 Å². The van der Waals surface area contributed by atoms with Crippen molar-refractivity contribution in [2.45, 2.75) is 25.4 Å². The van der Waals surface area contributed by atoms with Crippen LogP contribution in [0.4, 0.5) is 0 Å². The fourth-order valence-electron chi connectivity index (χ4n) is 3.99. The Morgan fingerprint density at radius 2 is 1.77 bits per heavy atom. The number of amides is 1. The minimum absolute atomic E-state index is 0.0144. The molecule has 3 aromatic rings. The van der Waals surface area contributed by atoms with Crippen molar-refractivity contribution in [2.24, 2.45) is 0 Å². The summed E-state index contributed by atoms with van der Waals surface area (Å²) in [6.07, 6.45) is 0.637. The van der Waals surface area contributed by atoms with Crippen LogP contribution in [0.5, 0.6) is 0 Å². The summed E-state index contributed by atoms with van der Waals surface area (Å²) in [5.74, 6) is -0.0247. The molecule has 1 saturated heterocycles. The molecule has 3 aromatic carbocycles. The Hall–Kier alpha value is -2.08. The van der Waals surface area contributed by atoms with Gasteiger partial charge in [-0.1, -0.05) is 71.7 Å². The average molecular weight is 462 g/mol. The zero-order valence-electron chi connectivity index (χ0n) is 16.2. The normalized spacial score (nSPS) is 17.9. The Balaban J connectivity index is 1.65. The van der Waals surface area contributed by atoms with E-state index >= 15 is 0 Å². The fraction of sp³-hybridized carbons (Fsp3) is 0.261. The molecule has 156 valence electrons. The van der Waals surface area contributed by atoms with E-state index in [1.54, 1.807) is 23.1 Å². The first-order valence-electron chi connectivity index (χ1n) is 9.73. The van der Waals surface area contributed by atoms with E-state index in [4.69, 9.17) is 23.2 Å². The number of carbonyl (C=O) groups is 1. The molecule has 1 amide bonds. The molecular weight excluding hydrogens is 441 g/mol. The summed E-state index contributed by atoms with van der Waals surface area (Å²) in [7, 11) is -3.14. The second-order valence-electron chi connectivity index (χ2n) is 7.63. The Morgan fingerprint density at radius 3 is 2.50 bits per heavy atom. The van der Waals surface area contributed by atoms with Gasteiger partial charge in [0.05, 0.1) is 17.9 Å². The molecule has 1 heterocycles. The molecule has 4 rings (SSSR count). The van der Waals surface area contributed by atoms with Gasteiger partial charge in [0.25, 0.3) is 0 Å². The highest BCUT2D eigenvalue weighted by Gasteiger charge is 2.35. The minimum atomic E-state index is -3.14. The molecular formula is C23H21Cl2NO3S. The molecule has 0 bridgehead atoms. The molecule has 0 spiro atoms. The third-order valence-electron chi connectivity index (χ3n) is 5.55. The minimum Gasteiger partial charge on any atom is -0.334 e. The third-order valence-corrected chi connectivity index (χ3v) is 7.88. The van der Waals surface area contributed by atoms with Gasteiger partial charge in [-0.25, -0.2) is 8.42 Å². The molecule has 0 saturated carbocycles. The average Bonchev–Trinajstić information content (AvgIpc) is 3.07. The van der Waals surface area contributed by atoms with E-state index in [0.717, 1.165) is 21.9 Å². The summed E-state index contributed by atoms with van der Waals surface area (Å²) in [5, 5.41) is 3.07. The monoisotopic (exact) mass is 461 g/mol. The smallest absolute Gasteiger partial charge is 0.227 e. The number of nitrogens with zero attached hydrogens (tertiary/aromatic N) is 1. The highest BCUT2D eigenvalue weighted by molar-refractivity contribution is 7.91. The number of halogens is 2. The SMILES string of the molecule is O=C(Cc1cccc2ccccc12)N(Cc1ccc(Cl)cc1Cl)[C@@H]1CCS(=O)(=O)C1. The molecule has 30 heavy (non-hydrogen) atoms. The number of hydrogen-bond acceptors (Lipinski definition) is 3. The fourth-order valence-corrected chi connectivity index (χ4v) is 6.19. The molecule has 4 nitrogen and oxygen atoms in total. The molecule has 0 aromatic heterocycles. The number of carbonyl (C=O) groups excluding carboxylic acids is 1. The summed E-state index contributed by atoms with van der Waals surface area (Å²) in [6, 6.07) is 18.6. The Bertz CT molecular complexity index is 1200. The number of hydrogen-bond donors (Lipinski definition) is 0. The van der Waals surface area contributed by atoms with E-state index in [9.17, 15) is 13.2 Å². The summed E-state index contributed by atoms with van der Waals surface area (Å²) in [5.41, 5.74) is 1.67. The lowest BCUT2D eigenvalue weighted by atomic mass is 10.0. The van der Waals surface area contributed by atoms with Crippen molar-refractivity contribution in [1.29, 1.82) is 0 Å². The number of fused-ring (bicyclic) bond motifs is 1. The topological polar surface area (TPSA) is 54.5 Å². The highest BCUT2D eigenvalue weighted by atomic mass is 35.5. The lowest BCUT2D eigenvalue weighted by Gasteiger charge is -2.29. The van der Waals surface area contributed by atoms with Crippen molar-refractivity contribution in [3.8, 4) is 0 Å². The predicted octanol–water partition coefficient (Wildman–Crippen LogP) is 4.91. The maximum atomic E-state index is 13.4. The summed E-state index contributed by atoms with van der Waals surface area (Å²) < 4.78 is 24.2. The van der Waals surface area contributed by atoms with E-state index in [1.807, 2.05) is 42.5 Å². The molecule has 1 fully saturated rings. The quantitative estimate of drug-likeness (QED) is 0.542. The van der Waals surface area contributed by atoms with Crippen molar-refractivity contribution in [2.75, 3.05) is 11.5 Å². The van der Waals surface area contributed by atoms with Crippen LogP contribution in [0.1, 0.15) is 17.5 Å². The van der Waals surface area contributed by atoms with Crippen LogP contribution in [0.25, 0.3) is 10.8 Å². The van der Waals surface area contributed by atoms with E-state index in [1.165, 1.54) is 0 Å². The van der Waals surface area contributed by atoms with Gasteiger partial charge < -0.3 is 4.90 Å². The maximum Gasteiger partial charge on any atom is 0.227 e. The van der Waals surface area contributed by atoms with Gasteiger partial charge in [0, 0.05) is 22.6 Å². The van der Waals surface area contributed by atoms with Crippen LogP contribution in [-0.4, -0.2) is 36.8 Å². The summed E-state index contributed by atoms with van der Waals surface area (Å²) >= 11 is 12.3. The van der Waals surface area contributed by atoms with Gasteiger partial charge in [0.2, 0.25) is 5.91 Å². The number of benzene rings is 3. The van der Waals surface area contributed by atoms with Crippen molar-refractivity contribution in [3.05, 3.63) is 81.8 Å². The first-order chi connectivity index (χ1) is 14.3. The highest BCUT2D eigenvalue weighted by Crippen LogP contribution is 2.27. The lowest BCUT2D eigenvalue weighted by Crippen LogP contribution is -2.41. The van der Waals surface area contributed by atoms with Crippen LogP contribution in [0.2, 0.25) is 10.0 Å². The van der Waals surface area contributed by atoms with Gasteiger partial charge in [-0.2, -0.15) is 0 Å². The summed E-state index contributed by atoms with van der Waals surface area (Å²) in [6.45, 7) is 0.250. The van der Waals surface area contributed by atoms with Gasteiger partial charge in [-0.05, 0) is 40.5 Å². The third kappa shape index (κ3) is 4.64. The van der Waals surface area contributed by atoms with Crippen LogP contribution in [0.15, 0.2) is 60.7 Å². The molecule has 0 aliphatic carbocycles. The van der Waals surface area contributed by atoms with Crippen LogP contribution in [0.3, 0.4) is 0 Å². The molecule has 0 radical (unpaired) electrons. The van der Waals surface area contributed by atoms with E-state index < -0.39 is 9.84 Å². The molecule has 1 atom stereocenters. The molecule has 7 heteroatoms. The Kier molecular flexibility index (Phi) is 6.05. The number of sulfone groups is 1. The molecule has 1 aliphatic heterocycles. The van der Waals surface area contributed by atoms with E-state index in [0.29, 0.717) is 16.5 Å². The van der Waals surface area contributed by atoms with Crippen molar-refractivity contribution in [3.63, 3.8) is 0 Å². The van der Waals surface area contributed by atoms with Gasteiger partial charge in [0.1, 0.15) is 0 Å². The van der Waals surface area contributed by atoms with Crippen molar-refractivity contribution < 1.29 is 13.2 Å². The van der Waals surface area contributed by atoms with Crippen LogP contribution in [-0.2, 0) is 27.6 Å².